The number of amides is 1. The number of nitrogens with zero attached hydrogens (tertiary/aromatic N) is 3. The van der Waals surface area contributed by atoms with Gasteiger partial charge in [0.05, 0.1) is 12.5 Å². The van der Waals surface area contributed by atoms with Gasteiger partial charge in [0.25, 0.3) is 0 Å². The van der Waals surface area contributed by atoms with E-state index in [1.54, 1.807) is 13.3 Å². The molecule has 0 unspecified atom stereocenters. The first kappa shape index (κ1) is 17.4. The summed E-state index contributed by atoms with van der Waals surface area (Å²) in [5.41, 5.74) is 2.31. The molecule has 0 bridgehead atoms. The lowest BCUT2D eigenvalue weighted by atomic mass is 9.96. The summed E-state index contributed by atoms with van der Waals surface area (Å²) in [5.74, 6) is 0.961. The molecule has 1 N–H and O–H groups in total. The molecule has 1 amide bonds. The minimum atomic E-state index is -0.111. The Morgan fingerprint density at radius 3 is 2.96 bits per heavy atom. The van der Waals surface area contributed by atoms with Gasteiger partial charge in [0.1, 0.15) is 12.1 Å². The van der Waals surface area contributed by atoms with Gasteiger partial charge in [0, 0.05) is 38.9 Å². The number of carbonyl (C=O) groups excluding carboxylic acids is 1. The normalized spacial score (nSPS) is 19.8. The van der Waals surface area contributed by atoms with Gasteiger partial charge in [-0.15, -0.1) is 0 Å². The molecule has 1 aromatic heterocycles. The molecule has 132 valence electrons. The van der Waals surface area contributed by atoms with Gasteiger partial charge < -0.3 is 15.0 Å². The van der Waals surface area contributed by atoms with Crippen molar-refractivity contribution in [2.45, 2.75) is 13.5 Å². The number of nitrogens with one attached hydrogen (secondary N) is 1. The van der Waals surface area contributed by atoms with Crippen LogP contribution in [0.4, 0.5) is 5.82 Å². The van der Waals surface area contributed by atoms with E-state index in [0.29, 0.717) is 19.7 Å². The molecule has 1 aliphatic rings. The second-order valence-electron chi connectivity index (χ2n) is 6.50. The lowest BCUT2D eigenvalue weighted by molar-refractivity contribution is -0.126. The molecule has 3 rings (SSSR count). The summed E-state index contributed by atoms with van der Waals surface area (Å²) in [5, 5.41) is 3.07. The summed E-state index contributed by atoms with van der Waals surface area (Å²) in [6, 6.07) is 10.1. The van der Waals surface area contributed by atoms with E-state index in [1.165, 1.54) is 11.9 Å². The van der Waals surface area contributed by atoms with E-state index in [4.69, 9.17) is 4.74 Å². The maximum atomic E-state index is 12.7. The molecule has 0 aliphatic carbocycles. The number of rotatable bonds is 6. The van der Waals surface area contributed by atoms with Crippen LogP contribution in [0, 0.1) is 18.8 Å². The van der Waals surface area contributed by atoms with E-state index in [9.17, 15) is 4.79 Å². The van der Waals surface area contributed by atoms with Crippen molar-refractivity contribution in [3.05, 3.63) is 54.0 Å². The molecular formula is C19H24N4O2. The molecule has 0 radical (unpaired) electrons. The third kappa shape index (κ3) is 4.33. The van der Waals surface area contributed by atoms with Crippen LogP contribution in [0.1, 0.15) is 11.1 Å². The number of aryl methyl sites for hydroxylation is 1. The Labute approximate surface area is 148 Å². The minimum absolute atomic E-state index is 0.0695. The van der Waals surface area contributed by atoms with Crippen LogP contribution in [-0.2, 0) is 16.1 Å². The molecule has 1 saturated heterocycles. The summed E-state index contributed by atoms with van der Waals surface area (Å²) in [6.45, 7) is 4.56. The van der Waals surface area contributed by atoms with Crippen LogP contribution in [0.3, 0.4) is 0 Å². The average molecular weight is 340 g/mol. The molecular weight excluding hydrogens is 316 g/mol. The first-order valence-corrected chi connectivity index (χ1v) is 8.50. The second-order valence-corrected chi connectivity index (χ2v) is 6.50. The summed E-state index contributed by atoms with van der Waals surface area (Å²) >= 11 is 0. The quantitative estimate of drug-likeness (QED) is 0.868. The van der Waals surface area contributed by atoms with E-state index in [-0.39, 0.29) is 17.7 Å². The van der Waals surface area contributed by atoms with Crippen molar-refractivity contribution < 1.29 is 9.53 Å². The van der Waals surface area contributed by atoms with Crippen LogP contribution in [0.25, 0.3) is 0 Å². The van der Waals surface area contributed by atoms with Crippen molar-refractivity contribution in [2.24, 2.45) is 11.8 Å². The molecule has 2 heterocycles. The van der Waals surface area contributed by atoms with Gasteiger partial charge in [-0.25, -0.2) is 9.97 Å². The van der Waals surface area contributed by atoms with Gasteiger partial charge >= 0.3 is 0 Å². The molecule has 25 heavy (non-hydrogen) atoms. The van der Waals surface area contributed by atoms with Gasteiger partial charge in [0.15, 0.2) is 0 Å². The number of benzene rings is 1. The number of carbonyl (C=O) groups is 1. The highest BCUT2D eigenvalue weighted by molar-refractivity contribution is 5.80. The summed E-state index contributed by atoms with van der Waals surface area (Å²) in [7, 11) is 1.68. The Morgan fingerprint density at radius 1 is 1.36 bits per heavy atom. The zero-order chi connectivity index (χ0) is 17.6. The van der Waals surface area contributed by atoms with Crippen LogP contribution < -0.4 is 10.2 Å². The molecule has 0 spiro atoms. The first-order chi connectivity index (χ1) is 12.2. The van der Waals surface area contributed by atoms with Crippen LogP contribution >= 0.6 is 0 Å². The second kappa shape index (κ2) is 8.07. The lowest BCUT2D eigenvalue weighted by Gasteiger charge is -2.17. The van der Waals surface area contributed by atoms with Crippen molar-refractivity contribution in [3.8, 4) is 0 Å². The predicted octanol–water partition coefficient (Wildman–Crippen LogP) is 1.80. The van der Waals surface area contributed by atoms with Crippen molar-refractivity contribution in [1.82, 2.24) is 15.3 Å². The largest absolute Gasteiger partial charge is 0.384 e. The smallest absolute Gasteiger partial charge is 0.225 e. The van der Waals surface area contributed by atoms with Gasteiger partial charge in [-0.1, -0.05) is 29.8 Å². The van der Waals surface area contributed by atoms with E-state index in [1.807, 2.05) is 18.2 Å². The zero-order valence-electron chi connectivity index (χ0n) is 14.7. The molecule has 0 saturated carbocycles. The Morgan fingerprint density at radius 2 is 2.24 bits per heavy atom. The lowest BCUT2D eigenvalue weighted by Crippen LogP contribution is -2.36. The predicted molar refractivity (Wildman–Crippen MR) is 96.1 cm³/mol. The highest BCUT2D eigenvalue weighted by Crippen LogP contribution is 2.27. The SMILES string of the molecule is COC[C@@H]1CN(c2ccncn2)C[C@H]1C(=O)NCc1cccc(C)c1. The van der Waals surface area contributed by atoms with Crippen LogP contribution in [-0.4, -0.2) is 42.7 Å². The fourth-order valence-corrected chi connectivity index (χ4v) is 3.35. The monoisotopic (exact) mass is 340 g/mol. The number of ether oxygens (including phenoxy) is 1. The fourth-order valence-electron chi connectivity index (χ4n) is 3.35. The maximum Gasteiger partial charge on any atom is 0.225 e. The maximum absolute atomic E-state index is 12.7. The van der Waals surface area contributed by atoms with E-state index in [2.05, 4.69) is 39.2 Å². The van der Waals surface area contributed by atoms with E-state index >= 15 is 0 Å². The average Bonchev–Trinajstić information content (AvgIpc) is 3.05. The van der Waals surface area contributed by atoms with Gasteiger partial charge in [-0.05, 0) is 18.6 Å². The Bertz CT molecular complexity index is 708. The van der Waals surface area contributed by atoms with Gasteiger partial charge in [-0.2, -0.15) is 0 Å². The minimum Gasteiger partial charge on any atom is -0.384 e. The fraction of sp³-hybridized carbons (Fsp3) is 0.421. The molecule has 1 fully saturated rings. The van der Waals surface area contributed by atoms with Crippen LogP contribution in [0.2, 0.25) is 0 Å². The Balaban J connectivity index is 1.65. The van der Waals surface area contributed by atoms with Crippen molar-refractivity contribution in [3.63, 3.8) is 0 Å². The molecule has 1 aromatic carbocycles. The summed E-state index contributed by atoms with van der Waals surface area (Å²) < 4.78 is 5.33. The van der Waals surface area contributed by atoms with Crippen molar-refractivity contribution in [2.75, 3.05) is 31.7 Å². The molecule has 6 nitrogen and oxygen atoms in total. The highest BCUT2D eigenvalue weighted by Gasteiger charge is 2.38. The third-order valence-electron chi connectivity index (χ3n) is 4.60. The number of hydrogen-bond donors (Lipinski definition) is 1. The van der Waals surface area contributed by atoms with Gasteiger partial charge in [0.2, 0.25) is 5.91 Å². The Kier molecular flexibility index (Phi) is 5.60. The van der Waals surface area contributed by atoms with Crippen molar-refractivity contribution >= 4 is 11.7 Å². The third-order valence-corrected chi connectivity index (χ3v) is 4.60. The van der Waals surface area contributed by atoms with Crippen molar-refractivity contribution in [1.29, 1.82) is 0 Å². The standard InChI is InChI=1S/C19H24N4O2/c1-14-4-3-5-15(8-14)9-21-19(24)17-11-23(10-16(17)12-25-2)18-6-7-20-13-22-18/h3-8,13,16-17H,9-12H2,1-2H3,(H,21,24)/t16-,17+/m0/s1. The van der Waals surface area contributed by atoms with E-state index < -0.39 is 0 Å². The van der Waals surface area contributed by atoms with Gasteiger partial charge in [-0.3, -0.25) is 4.79 Å². The van der Waals surface area contributed by atoms with E-state index in [0.717, 1.165) is 17.9 Å². The van der Waals surface area contributed by atoms with Crippen LogP contribution in [0.5, 0.6) is 0 Å². The summed E-state index contributed by atoms with van der Waals surface area (Å²) in [4.78, 5) is 23.1. The molecule has 2 aromatic rings. The number of methoxy groups -OCH3 is 1. The number of hydrogen-bond acceptors (Lipinski definition) is 5. The number of anilines is 1. The Hall–Kier alpha value is -2.47. The summed E-state index contributed by atoms with van der Waals surface area (Å²) in [6.07, 6.45) is 3.25. The molecule has 2 atom stereocenters. The topological polar surface area (TPSA) is 67.3 Å². The number of aromatic nitrogens is 2. The highest BCUT2D eigenvalue weighted by atomic mass is 16.5. The molecule has 6 heteroatoms. The molecule has 1 aliphatic heterocycles. The zero-order valence-corrected chi connectivity index (χ0v) is 14.7. The first-order valence-electron chi connectivity index (χ1n) is 8.50. The van der Waals surface area contributed by atoms with Crippen LogP contribution in [0.15, 0.2) is 42.9 Å².